The van der Waals surface area contributed by atoms with Crippen molar-refractivity contribution in [3.63, 3.8) is 0 Å². The summed E-state index contributed by atoms with van der Waals surface area (Å²) in [4.78, 5) is 0. The summed E-state index contributed by atoms with van der Waals surface area (Å²) in [5.74, 6) is 5.62. The van der Waals surface area contributed by atoms with E-state index >= 15 is 0 Å². The van der Waals surface area contributed by atoms with E-state index in [-0.39, 0.29) is 21.7 Å². The summed E-state index contributed by atoms with van der Waals surface area (Å²) in [6.45, 7) is 18.0. The summed E-state index contributed by atoms with van der Waals surface area (Å²) in [6.07, 6.45) is 21.2. The second kappa shape index (κ2) is 9.90. The van der Waals surface area contributed by atoms with Gasteiger partial charge in [0.15, 0.2) is 0 Å². The Kier molecular flexibility index (Phi) is 7.93. The van der Waals surface area contributed by atoms with Crippen molar-refractivity contribution in [3.8, 4) is 0 Å². The van der Waals surface area contributed by atoms with Crippen LogP contribution < -0.4 is 5.84 Å². The minimum atomic E-state index is -0.385. The Balaban J connectivity index is 2.59. The Morgan fingerprint density at radius 3 is 2.19 bits per heavy atom. The number of allylic oxidation sites excluding steroid dienone is 10. The molecular weight excluding hydrogens is 388 g/mol. The van der Waals surface area contributed by atoms with Crippen molar-refractivity contribution in [2.45, 2.75) is 67.2 Å². The van der Waals surface area contributed by atoms with Crippen molar-refractivity contribution in [2.24, 2.45) is 27.2 Å². The maximum atomic E-state index is 5.62. The maximum Gasteiger partial charge on any atom is 0.0474 e. The summed E-state index contributed by atoms with van der Waals surface area (Å²) < 4.78 is 0. The first-order valence-corrected chi connectivity index (χ1v) is 11.6. The maximum absolute atomic E-state index is 5.62. The fraction of sp³-hybridized carbons (Fsp3) is 0.433. The number of hydrogen-bond acceptors (Lipinski definition) is 2. The molecule has 1 aromatic rings. The van der Waals surface area contributed by atoms with Crippen LogP contribution in [0.5, 0.6) is 0 Å². The van der Waals surface area contributed by atoms with Crippen molar-refractivity contribution >= 4 is 6.21 Å². The molecule has 3 unspecified atom stereocenters. The monoisotopic (exact) mass is 430 g/mol. The van der Waals surface area contributed by atoms with E-state index in [0.717, 1.165) is 6.42 Å². The Bertz CT molecular complexity index is 952. The minimum Gasteiger partial charge on any atom is -0.324 e. The summed E-state index contributed by atoms with van der Waals surface area (Å²) >= 11 is 0. The van der Waals surface area contributed by atoms with Crippen LogP contribution in [0.1, 0.15) is 67.4 Å². The number of rotatable bonds is 6. The molecular formula is C30H42N2. The third kappa shape index (κ3) is 5.41. The Morgan fingerprint density at radius 1 is 0.969 bits per heavy atom. The average Bonchev–Trinajstić information content (AvgIpc) is 2.73. The SMILES string of the molecule is C/C=C\C(C)(/C=C\C(C)(/C=N\N)c1ccccc1)C1(C)C\C=C/C(C(C)(C)C)=C\C=C\1C. The Hall–Kier alpha value is -2.61. The second-order valence-corrected chi connectivity index (χ2v) is 10.7. The van der Waals surface area contributed by atoms with Gasteiger partial charge in [-0.05, 0) is 43.7 Å². The highest BCUT2D eigenvalue weighted by Gasteiger charge is 2.42. The van der Waals surface area contributed by atoms with Gasteiger partial charge in [-0.3, -0.25) is 0 Å². The van der Waals surface area contributed by atoms with Crippen LogP contribution >= 0.6 is 0 Å². The first kappa shape index (κ1) is 25.6. The van der Waals surface area contributed by atoms with Gasteiger partial charge in [0.05, 0.1) is 0 Å². The van der Waals surface area contributed by atoms with Crippen molar-refractivity contribution in [1.82, 2.24) is 0 Å². The van der Waals surface area contributed by atoms with Crippen molar-refractivity contribution in [1.29, 1.82) is 0 Å². The largest absolute Gasteiger partial charge is 0.324 e. The molecule has 0 radical (unpaired) electrons. The molecule has 0 bridgehead atoms. The van der Waals surface area contributed by atoms with E-state index in [4.69, 9.17) is 5.84 Å². The molecule has 0 amide bonds. The zero-order valence-electron chi connectivity index (χ0n) is 21.3. The minimum absolute atomic E-state index is 0.0795. The lowest BCUT2D eigenvalue weighted by atomic mass is 9.58. The van der Waals surface area contributed by atoms with E-state index in [1.54, 1.807) is 0 Å². The third-order valence-electron chi connectivity index (χ3n) is 7.29. The smallest absolute Gasteiger partial charge is 0.0474 e. The van der Waals surface area contributed by atoms with Crippen LogP contribution in [0.2, 0.25) is 0 Å². The van der Waals surface area contributed by atoms with Crippen LogP contribution in [-0.4, -0.2) is 6.21 Å². The van der Waals surface area contributed by atoms with E-state index in [2.05, 4.69) is 133 Å². The van der Waals surface area contributed by atoms with Gasteiger partial charge >= 0.3 is 0 Å². The molecule has 2 N–H and O–H groups in total. The molecule has 0 saturated carbocycles. The number of hydrogen-bond donors (Lipinski definition) is 1. The zero-order valence-corrected chi connectivity index (χ0v) is 21.3. The molecule has 3 atom stereocenters. The Morgan fingerprint density at radius 2 is 1.62 bits per heavy atom. The van der Waals surface area contributed by atoms with Gasteiger partial charge in [-0.25, -0.2) is 0 Å². The normalized spacial score (nSPS) is 28.4. The van der Waals surface area contributed by atoms with Gasteiger partial charge in [0, 0.05) is 22.5 Å². The lowest BCUT2D eigenvalue weighted by Gasteiger charge is -2.45. The molecule has 2 nitrogen and oxygen atoms in total. The number of hydrazone groups is 1. The molecule has 172 valence electrons. The highest BCUT2D eigenvalue weighted by molar-refractivity contribution is 5.76. The molecule has 1 aromatic carbocycles. The van der Waals surface area contributed by atoms with Crippen molar-refractivity contribution < 1.29 is 0 Å². The molecule has 0 aliphatic heterocycles. The lowest BCUT2D eigenvalue weighted by Crippen LogP contribution is -2.36. The van der Waals surface area contributed by atoms with Crippen LogP contribution in [0.3, 0.4) is 0 Å². The van der Waals surface area contributed by atoms with E-state index in [9.17, 15) is 0 Å². The van der Waals surface area contributed by atoms with Crippen LogP contribution in [0, 0.1) is 16.2 Å². The Labute approximate surface area is 196 Å². The quantitative estimate of drug-likeness (QED) is 0.212. The summed E-state index contributed by atoms with van der Waals surface area (Å²) in [7, 11) is 0. The topological polar surface area (TPSA) is 38.4 Å². The zero-order chi connectivity index (χ0) is 24.0. The number of nitrogens with two attached hydrogens (primary N) is 1. The molecule has 0 fully saturated rings. The van der Waals surface area contributed by atoms with Crippen molar-refractivity contribution in [2.75, 3.05) is 0 Å². The van der Waals surface area contributed by atoms with Gasteiger partial charge in [-0.2, -0.15) is 5.10 Å². The number of benzene rings is 1. The molecule has 0 aromatic heterocycles. The van der Waals surface area contributed by atoms with Crippen LogP contribution in [0.15, 0.2) is 95.2 Å². The summed E-state index contributed by atoms with van der Waals surface area (Å²) in [5.41, 5.74) is 3.37. The fourth-order valence-electron chi connectivity index (χ4n) is 4.46. The van der Waals surface area contributed by atoms with E-state index < -0.39 is 0 Å². The summed E-state index contributed by atoms with van der Waals surface area (Å²) in [6, 6.07) is 10.4. The molecule has 2 heteroatoms. The van der Waals surface area contributed by atoms with Gasteiger partial charge in [0.25, 0.3) is 0 Å². The molecule has 0 saturated heterocycles. The standard InChI is InChI=1S/C30H42N2/c1-9-19-29(7,22-21-28(6,23-32-31)26-14-11-10-12-15-26)30(8)20-13-16-25(27(3,4)5)18-17-24(30)2/h9-19,21-23H,20,31H2,1-8H3/b16-13-,19-9-,22-21-,24-17+,25-18+,32-23-. The predicted molar refractivity (Wildman–Crippen MR) is 142 cm³/mol. The lowest BCUT2D eigenvalue weighted by molar-refractivity contribution is 0.224. The first-order valence-electron chi connectivity index (χ1n) is 11.6. The molecule has 0 spiro atoms. The van der Waals surface area contributed by atoms with E-state index in [1.165, 1.54) is 16.7 Å². The molecule has 1 aliphatic rings. The molecule has 1 aliphatic carbocycles. The third-order valence-corrected chi connectivity index (χ3v) is 7.29. The first-order chi connectivity index (χ1) is 14.9. The average molecular weight is 431 g/mol. The number of nitrogens with zero attached hydrogens (tertiary/aromatic N) is 1. The molecule has 2 rings (SSSR count). The molecule has 32 heavy (non-hydrogen) atoms. The van der Waals surface area contributed by atoms with Gasteiger partial charge < -0.3 is 5.84 Å². The van der Waals surface area contributed by atoms with Gasteiger partial charge in [0.1, 0.15) is 0 Å². The van der Waals surface area contributed by atoms with Crippen LogP contribution in [0.25, 0.3) is 0 Å². The highest BCUT2D eigenvalue weighted by Crippen LogP contribution is 2.51. The van der Waals surface area contributed by atoms with Gasteiger partial charge in [-0.15, -0.1) is 0 Å². The fourth-order valence-corrected chi connectivity index (χ4v) is 4.46. The van der Waals surface area contributed by atoms with Gasteiger partial charge in [0.2, 0.25) is 0 Å². The molecule has 0 heterocycles. The van der Waals surface area contributed by atoms with Gasteiger partial charge in [-0.1, -0.05) is 119 Å². The van der Waals surface area contributed by atoms with Crippen LogP contribution in [-0.2, 0) is 5.41 Å². The second-order valence-electron chi connectivity index (χ2n) is 10.7. The van der Waals surface area contributed by atoms with E-state index in [0.29, 0.717) is 0 Å². The highest BCUT2D eigenvalue weighted by atomic mass is 15.1. The summed E-state index contributed by atoms with van der Waals surface area (Å²) in [5, 5.41) is 3.91. The van der Waals surface area contributed by atoms with Crippen molar-refractivity contribution in [3.05, 3.63) is 95.6 Å². The predicted octanol–water partition coefficient (Wildman–Crippen LogP) is 7.91. The van der Waals surface area contributed by atoms with E-state index in [1.807, 2.05) is 12.3 Å². The van der Waals surface area contributed by atoms with Crippen LogP contribution in [0.4, 0.5) is 0 Å².